The van der Waals surface area contributed by atoms with Crippen LogP contribution in [0.25, 0.3) is 0 Å². The Hall–Kier alpha value is -1.41. The van der Waals surface area contributed by atoms with Crippen molar-refractivity contribution in [3.8, 4) is 0 Å². The maximum atomic E-state index is 2.64. The summed E-state index contributed by atoms with van der Waals surface area (Å²) in [6, 6.07) is 18.5. The molecule has 0 radical (unpaired) electrons. The van der Waals surface area contributed by atoms with Crippen molar-refractivity contribution in [2.45, 2.75) is 32.2 Å². The number of thioether (sulfide) groups is 1. The largest absolute Gasteiger partial charge is 0.348 e. The van der Waals surface area contributed by atoms with Gasteiger partial charge in [0.05, 0.1) is 6.04 Å². The van der Waals surface area contributed by atoms with Crippen LogP contribution in [-0.2, 0) is 0 Å². The molecule has 0 amide bonds. The van der Waals surface area contributed by atoms with Crippen LogP contribution in [0.1, 0.15) is 42.0 Å². The van der Waals surface area contributed by atoms with Crippen molar-refractivity contribution >= 4 is 17.4 Å². The fraction of sp³-hybridized carbons (Fsp3) is 0.368. The molecule has 2 heterocycles. The lowest BCUT2D eigenvalue weighted by atomic mass is 9.82. The van der Waals surface area contributed by atoms with E-state index in [-0.39, 0.29) is 0 Å². The number of rotatable bonds is 1. The number of hydrogen-bond acceptors (Lipinski definition) is 2. The van der Waals surface area contributed by atoms with Gasteiger partial charge in [-0.05, 0) is 35.6 Å². The fourth-order valence-corrected chi connectivity index (χ4v) is 5.30. The number of anilines is 1. The van der Waals surface area contributed by atoms with Crippen LogP contribution in [0, 0.1) is 12.3 Å². The molecule has 0 aromatic heterocycles. The smallest absolute Gasteiger partial charge is 0.101 e. The molecule has 2 unspecified atom stereocenters. The van der Waals surface area contributed by atoms with Gasteiger partial charge in [-0.2, -0.15) is 0 Å². The summed E-state index contributed by atoms with van der Waals surface area (Å²) < 4.78 is 0. The van der Waals surface area contributed by atoms with E-state index < -0.39 is 0 Å². The Labute approximate surface area is 131 Å². The van der Waals surface area contributed by atoms with Crippen molar-refractivity contribution in [3.05, 3.63) is 65.2 Å². The van der Waals surface area contributed by atoms with E-state index in [4.69, 9.17) is 0 Å². The van der Waals surface area contributed by atoms with Gasteiger partial charge in [-0.25, -0.2) is 0 Å². The summed E-state index contributed by atoms with van der Waals surface area (Å²) in [7, 11) is 0. The molecule has 2 bridgehead atoms. The molecule has 2 atom stereocenters. The van der Waals surface area contributed by atoms with E-state index in [0.717, 1.165) is 0 Å². The van der Waals surface area contributed by atoms with E-state index in [1.807, 2.05) is 0 Å². The van der Waals surface area contributed by atoms with Gasteiger partial charge in [-0.1, -0.05) is 55.8 Å². The molecule has 21 heavy (non-hydrogen) atoms. The first-order chi connectivity index (χ1) is 10.1. The van der Waals surface area contributed by atoms with Gasteiger partial charge in [0.2, 0.25) is 0 Å². The maximum Gasteiger partial charge on any atom is 0.101 e. The SMILES string of the molecule is Cc1ccc(N2C3SCC(C)(C)C2c2ccccc23)cc1. The summed E-state index contributed by atoms with van der Waals surface area (Å²) in [5.74, 6) is 1.22. The van der Waals surface area contributed by atoms with E-state index in [1.54, 1.807) is 0 Å². The molecule has 0 spiro atoms. The van der Waals surface area contributed by atoms with E-state index in [9.17, 15) is 0 Å². The van der Waals surface area contributed by atoms with Crippen molar-refractivity contribution in [2.75, 3.05) is 10.7 Å². The zero-order valence-corrected chi connectivity index (χ0v) is 13.7. The normalized spacial score (nSPS) is 25.8. The molecule has 0 saturated carbocycles. The van der Waals surface area contributed by atoms with E-state index in [1.165, 1.54) is 28.1 Å². The highest BCUT2D eigenvalue weighted by Crippen LogP contribution is 2.61. The van der Waals surface area contributed by atoms with Gasteiger partial charge in [-0.3, -0.25) is 0 Å². The molecule has 0 N–H and O–H groups in total. The lowest BCUT2D eigenvalue weighted by molar-refractivity contribution is 0.317. The minimum absolute atomic E-state index is 0.290. The first-order valence-electron chi connectivity index (χ1n) is 7.63. The third-order valence-electron chi connectivity index (χ3n) is 4.77. The average molecular weight is 295 g/mol. The minimum Gasteiger partial charge on any atom is -0.348 e. The topological polar surface area (TPSA) is 3.24 Å². The van der Waals surface area contributed by atoms with Gasteiger partial charge in [-0.15, -0.1) is 11.8 Å². The molecule has 2 aromatic rings. The predicted octanol–water partition coefficient (Wildman–Crippen LogP) is 5.33. The van der Waals surface area contributed by atoms with Gasteiger partial charge in [0, 0.05) is 11.4 Å². The summed E-state index contributed by atoms with van der Waals surface area (Å²) in [6.07, 6.45) is 0. The Balaban J connectivity index is 1.88. The average Bonchev–Trinajstić information content (AvgIpc) is 2.75. The van der Waals surface area contributed by atoms with Crippen LogP contribution in [0.2, 0.25) is 0 Å². The molecule has 2 aromatic carbocycles. The molecule has 1 nitrogen and oxygen atoms in total. The van der Waals surface area contributed by atoms with E-state index in [2.05, 4.69) is 86.0 Å². The zero-order chi connectivity index (χ0) is 14.6. The Morgan fingerprint density at radius 1 is 1.00 bits per heavy atom. The molecule has 1 fully saturated rings. The van der Waals surface area contributed by atoms with E-state index >= 15 is 0 Å². The van der Waals surface area contributed by atoms with E-state index in [0.29, 0.717) is 16.8 Å². The summed E-state index contributed by atoms with van der Waals surface area (Å²) in [5, 5.41) is 0.474. The van der Waals surface area contributed by atoms with Crippen LogP contribution >= 0.6 is 11.8 Å². The van der Waals surface area contributed by atoms with Crippen molar-refractivity contribution < 1.29 is 0 Å². The first-order valence-corrected chi connectivity index (χ1v) is 8.68. The van der Waals surface area contributed by atoms with Crippen molar-refractivity contribution in [1.29, 1.82) is 0 Å². The van der Waals surface area contributed by atoms with Crippen LogP contribution in [0.4, 0.5) is 5.69 Å². The van der Waals surface area contributed by atoms with Gasteiger partial charge in [0.1, 0.15) is 5.37 Å². The third-order valence-corrected chi connectivity index (χ3v) is 6.48. The second kappa shape index (κ2) is 4.54. The van der Waals surface area contributed by atoms with Crippen LogP contribution in [0.3, 0.4) is 0 Å². The second-order valence-electron chi connectivity index (χ2n) is 6.93. The summed E-state index contributed by atoms with van der Waals surface area (Å²) in [6.45, 7) is 6.97. The highest BCUT2D eigenvalue weighted by molar-refractivity contribution is 7.99. The number of nitrogens with zero attached hydrogens (tertiary/aromatic N) is 1. The molecular formula is C19H21NS. The number of aryl methyl sites for hydroxylation is 1. The maximum absolute atomic E-state index is 2.64. The lowest BCUT2D eigenvalue weighted by Crippen LogP contribution is -2.40. The number of benzene rings is 2. The quantitative estimate of drug-likeness (QED) is 0.699. The van der Waals surface area contributed by atoms with Crippen LogP contribution in [-0.4, -0.2) is 5.75 Å². The number of hydrogen-bond donors (Lipinski definition) is 0. The van der Waals surface area contributed by atoms with Gasteiger partial charge >= 0.3 is 0 Å². The summed E-state index contributed by atoms with van der Waals surface area (Å²) >= 11 is 2.09. The Morgan fingerprint density at radius 3 is 2.38 bits per heavy atom. The van der Waals surface area contributed by atoms with Gasteiger partial charge < -0.3 is 4.90 Å². The highest BCUT2D eigenvalue weighted by atomic mass is 32.2. The Kier molecular flexibility index (Phi) is 2.87. The molecule has 4 rings (SSSR count). The van der Waals surface area contributed by atoms with Gasteiger partial charge in [0.25, 0.3) is 0 Å². The monoisotopic (exact) mass is 295 g/mol. The first kappa shape index (κ1) is 13.3. The fourth-order valence-electron chi connectivity index (χ4n) is 3.76. The minimum atomic E-state index is 0.290. The molecule has 0 aliphatic carbocycles. The third kappa shape index (κ3) is 1.92. The molecule has 2 heteroatoms. The highest BCUT2D eigenvalue weighted by Gasteiger charge is 2.50. The predicted molar refractivity (Wildman–Crippen MR) is 91.8 cm³/mol. The lowest BCUT2D eigenvalue weighted by Gasteiger charge is -2.46. The van der Waals surface area contributed by atoms with Crippen molar-refractivity contribution in [1.82, 2.24) is 0 Å². The molecule has 2 aliphatic rings. The van der Waals surface area contributed by atoms with Crippen molar-refractivity contribution in [3.63, 3.8) is 0 Å². The molecule has 1 saturated heterocycles. The summed E-state index contributed by atoms with van der Waals surface area (Å²) in [4.78, 5) is 2.64. The van der Waals surface area contributed by atoms with Crippen LogP contribution in [0.5, 0.6) is 0 Å². The summed E-state index contributed by atoms with van der Waals surface area (Å²) in [5.41, 5.74) is 6.01. The molecular weight excluding hydrogens is 274 g/mol. The molecule has 108 valence electrons. The van der Waals surface area contributed by atoms with Crippen LogP contribution in [0.15, 0.2) is 48.5 Å². The second-order valence-corrected chi connectivity index (χ2v) is 7.99. The van der Waals surface area contributed by atoms with Crippen molar-refractivity contribution in [2.24, 2.45) is 5.41 Å². The standard InChI is InChI=1S/C19H21NS/c1-13-8-10-14(11-9-13)20-17-15-6-4-5-7-16(15)18(20)21-12-19(17,2)3/h4-11,17-18H,12H2,1-3H3. The number of fused-ring (bicyclic) bond motifs is 5. The van der Waals surface area contributed by atoms with Crippen LogP contribution < -0.4 is 4.90 Å². The Morgan fingerprint density at radius 2 is 1.67 bits per heavy atom. The zero-order valence-electron chi connectivity index (χ0n) is 12.8. The molecule has 2 aliphatic heterocycles. The van der Waals surface area contributed by atoms with Gasteiger partial charge in [0.15, 0.2) is 0 Å². The Bertz CT molecular complexity index is 674.